The molecule has 0 fully saturated rings. The third-order valence-corrected chi connectivity index (χ3v) is 3.40. The number of hydrogen-bond acceptors (Lipinski definition) is 4. The van der Waals surface area contributed by atoms with Gasteiger partial charge in [-0.15, -0.1) is 0 Å². The van der Waals surface area contributed by atoms with Gasteiger partial charge in [-0.2, -0.15) is 0 Å². The molecule has 1 aromatic heterocycles. The minimum absolute atomic E-state index is 0.195. The summed E-state index contributed by atoms with van der Waals surface area (Å²) in [5.41, 5.74) is 8.28. The van der Waals surface area contributed by atoms with Crippen molar-refractivity contribution in [2.75, 3.05) is 0 Å². The Bertz CT molecular complexity index is 825. The van der Waals surface area contributed by atoms with Gasteiger partial charge < -0.3 is 15.0 Å². The van der Waals surface area contributed by atoms with Crippen LogP contribution in [0.5, 0.6) is 5.75 Å². The maximum absolute atomic E-state index is 11.4. The zero-order valence-electron chi connectivity index (χ0n) is 12.7. The molecule has 23 heavy (non-hydrogen) atoms. The summed E-state index contributed by atoms with van der Waals surface area (Å²) in [6.07, 6.45) is 0. The molecule has 0 spiro atoms. The molecule has 2 N–H and O–H groups in total. The summed E-state index contributed by atoms with van der Waals surface area (Å²) in [5.74, 6) is 0.593. The number of hydrogen-bond donors (Lipinski definition) is 1. The van der Waals surface area contributed by atoms with Crippen molar-refractivity contribution in [2.24, 2.45) is 5.73 Å². The zero-order valence-corrected chi connectivity index (χ0v) is 12.7. The van der Waals surface area contributed by atoms with Gasteiger partial charge in [0.05, 0.1) is 5.56 Å². The molecule has 1 heterocycles. The summed E-state index contributed by atoms with van der Waals surface area (Å²) in [5, 5.41) is 3.99. The number of carbonyl (C=O) groups excluding carboxylic acids is 1. The molecule has 116 valence electrons. The van der Waals surface area contributed by atoms with E-state index in [4.69, 9.17) is 15.0 Å². The molecule has 5 heteroatoms. The third kappa shape index (κ3) is 3.40. The number of rotatable bonds is 5. The van der Waals surface area contributed by atoms with Gasteiger partial charge in [-0.3, -0.25) is 4.79 Å². The number of ether oxygens (including phenoxy) is 1. The molecule has 0 saturated heterocycles. The van der Waals surface area contributed by atoms with E-state index in [0.29, 0.717) is 22.8 Å². The first-order chi connectivity index (χ1) is 11.1. The first-order valence-electron chi connectivity index (χ1n) is 7.18. The summed E-state index contributed by atoms with van der Waals surface area (Å²) in [6, 6.07) is 16.7. The van der Waals surface area contributed by atoms with Gasteiger partial charge in [-0.25, -0.2) is 0 Å². The van der Waals surface area contributed by atoms with Gasteiger partial charge in [0.1, 0.15) is 18.1 Å². The van der Waals surface area contributed by atoms with Gasteiger partial charge in [0.15, 0.2) is 5.76 Å². The number of carbonyl (C=O) groups is 1. The summed E-state index contributed by atoms with van der Waals surface area (Å²) in [4.78, 5) is 11.4. The molecular weight excluding hydrogens is 292 g/mol. The van der Waals surface area contributed by atoms with Gasteiger partial charge in [0, 0.05) is 11.6 Å². The number of benzene rings is 2. The maximum Gasteiger partial charge on any atom is 0.252 e. The summed E-state index contributed by atoms with van der Waals surface area (Å²) in [6.45, 7) is 2.11. The highest BCUT2D eigenvalue weighted by Crippen LogP contribution is 2.23. The van der Waals surface area contributed by atoms with Crippen LogP contribution in [0.3, 0.4) is 0 Å². The van der Waals surface area contributed by atoms with Crippen molar-refractivity contribution in [3.63, 3.8) is 0 Å². The molecule has 0 saturated carbocycles. The van der Waals surface area contributed by atoms with E-state index in [0.717, 1.165) is 11.1 Å². The zero-order chi connectivity index (χ0) is 16.2. The highest BCUT2D eigenvalue weighted by molar-refractivity contribution is 5.95. The fourth-order valence-corrected chi connectivity index (χ4v) is 2.22. The maximum atomic E-state index is 11.4. The van der Waals surface area contributed by atoms with E-state index in [1.165, 1.54) is 0 Å². The topological polar surface area (TPSA) is 78.4 Å². The molecule has 0 aliphatic heterocycles. The first kappa shape index (κ1) is 14.8. The molecule has 0 atom stereocenters. The van der Waals surface area contributed by atoms with Crippen molar-refractivity contribution in [3.8, 4) is 17.1 Å². The quantitative estimate of drug-likeness (QED) is 0.784. The van der Waals surface area contributed by atoms with Crippen molar-refractivity contribution in [1.29, 1.82) is 0 Å². The van der Waals surface area contributed by atoms with E-state index in [-0.39, 0.29) is 6.61 Å². The van der Waals surface area contributed by atoms with Crippen LogP contribution in [0.25, 0.3) is 11.3 Å². The molecule has 3 rings (SSSR count). The van der Waals surface area contributed by atoms with Gasteiger partial charge in [-0.1, -0.05) is 41.6 Å². The lowest BCUT2D eigenvalue weighted by atomic mass is 10.1. The van der Waals surface area contributed by atoms with Crippen molar-refractivity contribution < 1.29 is 14.1 Å². The number of aryl methyl sites for hydroxylation is 1. The molecule has 0 aliphatic rings. The van der Waals surface area contributed by atoms with Crippen LogP contribution in [-0.2, 0) is 6.61 Å². The lowest BCUT2D eigenvalue weighted by molar-refractivity contribution is 0.0996. The lowest BCUT2D eigenvalue weighted by Gasteiger charge is -2.08. The van der Waals surface area contributed by atoms with Gasteiger partial charge in [0.2, 0.25) is 0 Å². The van der Waals surface area contributed by atoms with E-state index in [1.807, 2.05) is 49.4 Å². The van der Waals surface area contributed by atoms with Crippen LogP contribution in [0.2, 0.25) is 0 Å². The molecule has 2 aromatic carbocycles. The van der Waals surface area contributed by atoms with E-state index >= 15 is 0 Å². The fourth-order valence-electron chi connectivity index (χ4n) is 2.22. The normalized spacial score (nSPS) is 10.5. The summed E-state index contributed by atoms with van der Waals surface area (Å²) in [7, 11) is 0. The molecule has 0 aliphatic carbocycles. The Kier molecular flexibility index (Phi) is 4.10. The Balaban J connectivity index is 1.76. The van der Waals surface area contributed by atoms with E-state index in [2.05, 4.69) is 5.16 Å². The highest BCUT2D eigenvalue weighted by atomic mass is 16.5. The van der Waals surface area contributed by atoms with Crippen LogP contribution < -0.4 is 10.5 Å². The molecular formula is C18H16N2O3. The average molecular weight is 308 g/mol. The monoisotopic (exact) mass is 308 g/mol. The smallest absolute Gasteiger partial charge is 0.252 e. The van der Waals surface area contributed by atoms with Gasteiger partial charge in [0.25, 0.3) is 5.91 Å². The fraction of sp³-hybridized carbons (Fsp3) is 0.111. The molecule has 0 unspecified atom stereocenters. The molecule has 0 radical (unpaired) electrons. The van der Waals surface area contributed by atoms with Crippen molar-refractivity contribution in [2.45, 2.75) is 13.5 Å². The lowest BCUT2D eigenvalue weighted by Crippen LogP contribution is -2.13. The van der Waals surface area contributed by atoms with Crippen LogP contribution in [0.15, 0.2) is 59.1 Å². The van der Waals surface area contributed by atoms with E-state index in [9.17, 15) is 4.79 Å². The van der Waals surface area contributed by atoms with E-state index in [1.54, 1.807) is 12.1 Å². The van der Waals surface area contributed by atoms with Crippen LogP contribution in [0, 0.1) is 6.92 Å². The van der Waals surface area contributed by atoms with Crippen molar-refractivity contribution in [3.05, 3.63) is 71.4 Å². The molecule has 5 nitrogen and oxygen atoms in total. The standard InChI is InChI=1S/C18H16N2O3/c1-12-7-8-15(18(19)21)17(9-12)22-11-14-10-16(23-20-14)13-5-3-2-4-6-13/h2-10H,11H2,1H3,(H2,19,21). The van der Waals surface area contributed by atoms with Crippen molar-refractivity contribution >= 4 is 5.91 Å². The Labute approximate surface area is 133 Å². The number of amides is 1. The Hall–Kier alpha value is -3.08. The minimum atomic E-state index is -0.523. The second-order valence-electron chi connectivity index (χ2n) is 5.20. The third-order valence-electron chi connectivity index (χ3n) is 3.40. The number of nitrogens with zero attached hydrogens (tertiary/aromatic N) is 1. The largest absolute Gasteiger partial charge is 0.486 e. The summed E-state index contributed by atoms with van der Waals surface area (Å²) >= 11 is 0. The molecule has 1 amide bonds. The predicted molar refractivity (Wildman–Crippen MR) is 86.0 cm³/mol. The predicted octanol–water partition coefficient (Wildman–Crippen LogP) is 3.33. The second kappa shape index (κ2) is 6.36. The average Bonchev–Trinajstić information content (AvgIpc) is 3.02. The number of aromatic nitrogens is 1. The van der Waals surface area contributed by atoms with Crippen LogP contribution in [0.4, 0.5) is 0 Å². The number of primary amides is 1. The SMILES string of the molecule is Cc1ccc(C(N)=O)c(OCc2cc(-c3ccccc3)on2)c1. The van der Waals surface area contributed by atoms with Crippen LogP contribution >= 0.6 is 0 Å². The van der Waals surface area contributed by atoms with Crippen molar-refractivity contribution in [1.82, 2.24) is 5.16 Å². The minimum Gasteiger partial charge on any atom is -0.486 e. The van der Waals surface area contributed by atoms with Gasteiger partial charge in [-0.05, 0) is 24.6 Å². The summed E-state index contributed by atoms with van der Waals surface area (Å²) < 4.78 is 11.0. The molecule has 0 bridgehead atoms. The Morgan fingerprint density at radius 2 is 1.96 bits per heavy atom. The molecule has 3 aromatic rings. The van der Waals surface area contributed by atoms with Crippen LogP contribution in [-0.4, -0.2) is 11.1 Å². The number of nitrogens with two attached hydrogens (primary N) is 1. The van der Waals surface area contributed by atoms with Gasteiger partial charge >= 0.3 is 0 Å². The first-order valence-corrected chi connectivity index (χ1v) is 7.18. The Morgan fingerprint density at radius 3 is 2.70 bits per heavy atom. The Morgan fingerprint density at radius 1 is 1.17 bits per heavy atom. The van der Waals surface area contributed by atoms with E-state index < -0.39 is 5.91 Å². The second-order valence-corrected chi connectivity index (χ2v) is 5.20. The van der Waals surface area contributed by atoms with Crippen LogP contribution in [0.1, 0.15) is 21.6 Å². The highest BCUT2D eigenvalue weighted by Gasteiger charge is 2.12.